The molecular weight excluding hydrogens is 218 g/mol. The molecule has 0 aromatic heterocycles. The van der Waals surface area contributed by atoms with E-state index in [-0.39, 0.29) is 0 Å². The second kappa shape index (κ2) is 5.70. The summed E-state index contributed by atoms with van der Waals surface area (Å²) < 4.78 is 0. The zero-order valence-electron chi connectivity index (χ0n) is 9.95. The molecule has 0 bridgehead atoms. The van der Waals surface area contributed by atoms with Gasteiger partial charge in [-0.1, -0.05) is 29.8 Å². The summed E-state index contributed by atoms with van der Waals surface area (Å²) in [6.07, 6.45) is 2.49. The molecule has 0 spiro atoms. The van der Waals surface area contributed by atoms with E-state index < -0.39 is 0 Å². The van der Waals surface area contributed by atoms with Gasteiger partial charge in [-0.3, -0.25) is 4.90 Å². The summed E-state index contributed by atoms with van der Waals surface area (Å²) in [6, 6.07) is 8.82. The minimum absolute atomic E-state index is 0.808. The zero-order chi connectivity index (χ0) is 11.4. The van der Waals surface area contributed by atoms with Crippen LogP contribution in [-0.4, -0.2) is 23.9 Å². The van der Waals surface area contributed by atoms with Crippen LogP contribution in [0.15, 0.2) is 24.3 Å². The van der Waals surface area contributed by atoms with Gasteiger partial charge in [-0.05, 0) is 37.8 Å². The fourth-order valence-corrected chi connectivity index (χ4v) is 2.82. The van der Waals surface area contributed by atoms with E-state index in [2.05, 4.69) is 36.1 Å². The SMILES string of the molecule is Cc1cccc(CN2CCC(CCCl)C2)c1. The topological polar surface area (TPSA) is 3.24 Å². The monoisotopic (exact) mass is 237 g/mol. The average molecular weight is 238 g/mol. The predicted molar refractivity (Wildman–Crippen MR) is 69.9 cm³/mol. The number of hydrogen-bond acceptors (Lipinski definition) is 1. The fraction of sp³-hybridized carbons (Fsp3) is 0.571. The summed E-state index contributed by atoms with van der Waals surface area (Å²) in [6.45, 7) is 5.71. The van der Waals surface area contributed by atoms with E-state index >= 15 is 0 Å². The lowest BCUT2D eigenvalue weighted by Crippen LogP contribution is -2.20. The summed E-state index contributed by atoms with van der Waals surface area (Å²) in [5, 5.41) is 0. The lowest BCUT2D eigenvalue weighted by atomic mass is 10.1. The molecule has 1 aromatic carbocycles. The van der Waals surface area contributed by atoms with Gasteiger partial charge in [0.2, 0.25) is 0 Å². The molecule has 2 rings (SSSR count). The van der Waals surface area contributed by atoms with Crippen LogP contribution >= 0.6 is 11.6 Å². The lowest BCUT2D eigenvalue weighted by Gasteiger charge is -2.16. The van der Waals surface area contributed by atoms with Crippen LogP contribution in [-0.2, 0) is 6.54 Å². The molecule has 1 aliphatic rings. The fourth-order valence-electron chi connectivity index (χ4n) is 2.52. The molecular formula is C14H20ClN. The Hall–Kier alpha value is -0.530. The van der Waals surface area contributed by atoms with Crippen LogP contribution in [0, 0.1) is 12.8 Å². The summed E-state index contributed by atoms with van der Waals surface area (Å²) in [5.74, 6) is 1.63. The van der Waals surface area contributed by atoms with Crippen LogP contribution in [0.2, 0.25) is 0 Å². The molecule has 1 heterocycles. The molecule has 1 aromatic rings. The van der Waals surface area contributed by atoms with Gasteiger partial charge in [0.25, 0.3) is 0 Å². The lowest BCUT2D eigenvalue weighted by molar-refractivity contribution is 0.315. The minimum atomic E-state index is 0.808. The van der Waals surface area contributed by atoms with E-state index in [0.29, 0.717) is 0 Å². The van der Waals surface area contributed by atoms with Crippen molar-refractivity contribution >= 4 is 11.6 Å². The van der Waals surface area contributed by atoms with Crippen LogP contribution in [0.4, 0.5) is 0 Å². The van der Waals surface area contributed by atoms with Crippen molar-refractivity contribution in [1.82, 2.24) is 4.90 Å². The number of alkyl halides is 1. The highest BCUT2D eigenvalue weighted by Crippen LogP contribution is 2.21. The third kappa shape index (κ3) is 3.23. The van der Waals surface area contributed by atoms with Crippen LogP contribution < -0.4 is 0 Å². The van der Waals surface area contributed by atoms with E-state index in [0.717, 1.165) is 18.3 Å². The highest BCUT2D eigenvalue weighted by Gasteiger charge is 2.21. The Morgan fingerprint density at radius 3 is 3.06 bits per heavy atom. The van der Waals surface area contributed by atoms with Gasteiger partial charge in [0.05, 0.1) is 0 Å². The molecule has 0 aliphatic carbocycles. The first kappa shape index (κ1) is 11.9. The number of aryl methyl sites for hydroxylation is 1. The largest absolute Gasteiger partial charge is 0.299 e. The zero-order valence-corrected chi connectivity index (χ0v) is 10.7. The number of halogens is 1. The first-order chi connectivity index (χ1) is 7.78. The number of hydrogen-bond donors (Lipinski definition) is 0. The Morgan fingerprint density at radius 1 is 1.44 bits per heavy atom. The summed E-state index contributed by atoms with van der Waals surface area (Å²) in [7, 11) is 0. The Morgan fingerprint density at radius 2 is 2.31 bits per heavy atom. The Balaban J connectivity index is 1.87. The van der Waals surface area contributed by atoms with Crippen molar-refractivity contribution in [1.29, 1.82) is 0 Å². The molecule has 0 amide bonds. The molecule has 0 radical (unpaired) electrons. The van der Waals surface area contributed by atoms with Gasteiger partial charge in [-0.25, -0.2) is 0 Å². The van der Waals surface area contributed by atoms with Gasteiger partial charge in [0, 0.05) is 19.0 Å². The number of benzene rings is 1. The second-order valence-electron chi connectivity index (χ2n) is 4.86. The van der Waals surface area contributed by atoms with Gasteiger partial charge < -0.3 is 0 Å². The van der Waals surface area contributed by atoms with Crippen molar-refractivity contribution < 1.29 is 0 Å². The van der Waals surface area contributed by atoms with Gasteiger partial charge in [-0.2, -0.15) is 0 Å². The highest BCUT2D eigenvalue weighted by atomic mass is 35.5. The van der Waals surface area contributed by atoms with Crippen LogP contribution in [0.5, 0.6) is 0 Å². The van der Waals surface area contributed by atoms with E-state index in [1.807, 2.05) is 0 Å². The van der Waals surface area contributed by atoms with Gasteiger partial charge in [-0.15, -0.1) is 11.6 Å². The molecule has 2 heteroatoms. The molecule has 88 valence electrons. The van der Waals surface area contributed by atoms with Crippen LogP contribution in [0.1, 0.15) is 24.0 Å². The number of likely N-dealkylation sites (tertiary alicyclic amines) is 1. The average Bonchev–Trinajstić information content (AvgIpc) is 2.66. The van der Waals surface area contributed by atoms with E-state index in [4.69, 9.17) is 11.6 Å². The first-order valence-electron chi connectivity index (χ1n) is 6.12. The maximum absolute atomic E-state index is 5.79. The molecule has 0 N–H and O–H groups in total. The van der Waals surface area contributed by atoms with Crippen molar-refractivity contribution in [2.45, 2.75) is 26.3 Å². The van der Waals surface area contributed by atoms with Gasteiger partial charge in [0.1, 0.15) is 0 Å². The van der Waals surface area contributed by atoms with Crippen molar-refractivity contribution in [2.75, 3.05) is 19.0 Å². The maximum atomic E-state index is 5.79. The number of rotatable bonds is 4. The van der Waals surface area contributed by atoms with Crippen molar-refractivity contribution in [3.63, 3.8) is 0 Å². The smallest absolute Gasteiger partial charge is 0.0233 e. The first-order valence-corrected chi connectivity index (χ1v) is 6.65. The summed E-state index contributed by atoms with van der Waals surface area (Å²) in [5.41, 5.74) is 2.79. The van der Waals surface area contributed by atoms with Gasteiger partial charge in [0.15, 0.2) is 0 Å². The highest BCUT2D eigenvalue weighted by molar-refractivity contribution is 6.17. The normalized spacial score (nSPS) is 21.5. The third-order valence-corrected chi connectivity index (χ3v) is 3.59. The summed E-state index contributed by atoms with van der Waals surface area (Å²) >= 11 is 5.79. The van der Waals surface area contributed by atoms with Crippen molar-refractivity contribution in [2.24, 2.45) is 5.92 Å². The second-order valence-corrected chi connectivity index (χ2v) is 5.23. The number of nitrogens with zero attached hydrogens (tertiary/aromatic N) is 1. The van der Waals surface area contributed by atoms with E-state index in [9.17, 15) is 0 Å². The molecule has 0 saturated carbocycles. The van der Waals surface area contributed by atoms with Crippen LogP contribution in [0.25, 0.3) is 0 Å². The van der Waals surface area contributed by atoms with E-state index in [1.165, 1.54) is 37.1 Å². The molecule has 1 atom stereocenters. The van der Waals surface area contributed by atoms with Crippen molar-refractivity contribution in [3.05, 3.63) is 35.4 Å². The van der Waals surface area contributed by atoms with Crippen LogP contribution in [0.3, 0.4) is 0 Å². The minimum Gasteiger partial charge on any atom is -0.299 e. The third-order valence-electron chi connectivity index (χ3n) is 3.38. The Kier molecular flexibility index (Phi) is 4.25. The molecule has 1 saturated heterocycles. The van der Waals surface area contributed by atoms with Gasteiger partial charge >= 0.3 is 0 Å². The molecule has 1 aliphatic heterocycles. The quantitative estimate of drug-likeness (QED) is 0.726. The Labute approximate surface area is 103 Å². The van der Waals surface area contributed by atoms with E-state index in [1.54, 1.807) is 0 Å². The predicted octanol–water partition coefficient (Wildman–Crippen LogP) is 3.45. The molecule has 1 unspecified atom stereocenters. The summed E-state index contributed by atoms with van der Waals surface area (Å²) in [4.78, 5) is 2.55. The molecule has 1 nitrogen and oxygen atoms in total. The standard InChI is InChI=1S/C14H20ClN/c1-12-3-2-4-14(9-12)11-16-8-6-13(10-16)5-7-15/h2-4,9,13H,5-8,10-11H2,1H3. The van der Waals surface area contributed by atoms with Crippen molar-refractivity contribution in [3.8, 4) is 0 Å². The maximum Gasteiger partial charge on any atom is 0.0233 e. The molecule has 16 heavy (non-hydrogen) atoms. The Bertz CT molecular complexity index is 337. The molecule has 1 fully saturated rings.